The number of pyridine rings is 1. The largest absolute Gasteiger partial charge is 0.382 e. The molecule has 0 saturated carbocycles. The summed E-state index contributed by atoms with van der Waals surface area (Å²) in [5, 5.41) is 4.23. The molecule has 2 N–H and O–H groups in total. The number of aryl methyl sites for hydroxylation is 2. The zero-order valence-electron chi connectivity index (χ0n) is 20.6. The van der Waals surface area contributed by atoms with Crippen LogP contribution in [0.15, 0.2) is 55.2 Å². The molecular weight excluding hydrogens is 473 g/mol. The number of benzene rings is 1. The van der Waals surface area contributed by atoms with E-state index in [4.69, 9.17) is 5.73 Å². The molecule has 11 heteroatoms. The van der Waals surface area contributed by atoms with E-state index in [2.05, 4.69) is 20.1 Å². The fourth-order valence-corrected chi connectivity index (χ4v) is 4.65. The van der Waals surface area contributed by atoms with Gasteiger partial charge in [-0.2, -0.15) is 5.10 Å². The van der Waals surface area contributed by atoms with Gasteiger partial charge in [-0.25, -0.2) is 19.3 Å². The Kier molecular flexibility index (Phi) is 5.14. The molecule has 0 aliphatic carbocycles. The van der Waals surface area contributed by atoms with E-state index < -0.39 is 11.7 Å². The van der Waals surface area contributed by atoms with Crippen LogP contribution in [0.25, 0.3) is 33.3 Å². The highest BCUT2D eigenvalue weighted by atomic mass is 19.1. The third-order valence-electron chi connectivity index (χ3n) is 6.54. The van der Waals surface area contributed by atoms with Crippen LogP contribution >= 0.6 is 0 Å². The molecule has 6 rings (SSSR count). The molecule has 0 saturated heterocycles. The predicted molar refractivity (Wildman–Crippen MR) is 137 cm³/mol. The van der Waals surface area contributed by atoms with Gasteiger partial charge in [-0.1, -0.05) is 0 Å². The van der Waals surface area contributed by atoms with Crippen molar-refractivity contribution < 1.29 is 9.18 Å². The van der Waals surface area contributed by atoms with Crippen molar-refractivity contribution in [2.45, 2.75) is 20.4 Å². The number of rotatable bonds is 5. The maximum absolute atomic E-state index is 15.2. The van der Waals surface area contributed by atoms with E-state index in [0.29, 0.717) is 34.6 Å². The lowest BCUT2D eigenvalue weighted by molar-refractivity contribution is 0.0746. The molecule has 0 aliphatic heterocycles. The van der Waals surface area contributed by atoms with Gasteiger partial charge in [0.25, 0.3) is 5.91 Å². The summed E-state index contributed by atoms with van der Waals surface area (Å²) < 4.78 is 20.6. The van der Waals surface area contributed by atoms with Crippen LogP contribution in [-0.4, -0.2) is 50.9 Å². The first-order valence-electron chi connectivity index (χ1n) is 11.8. The van der Waals surface area contributed by atoms with Gasteiger partial charge in [-0.3, -0.25) is 13.9 Å². The van der Waals surface area contributed by atoms with Crippen LogP contribution in [0, 0.1) is 12.7 Å². The number of nitrogen functional groups attached to an aromatic ring is 1. The van der Waals surface area contributed by atoms with E-state index in [1.807, 2.05) is 56.0 Å². The Morgan fingerprint density at radius 3 is 2.68 bits per heavy atom. The summed E-state index contributed by atoms with van der Waals surface area (Å²) >= 11 is 0. The Morgan fingerprint density at radius 2 is 1.92 bits per heavy atom. The number of amides is 1. The summed E-state index contributed by atoms with van der Waals surface area (Å²) in [5.74, 6) is -0.170. The number of fused-ring (bicyclic) bond motifs is 4. The van der Waals surface area contributed by atoms with Crippen LogP contribution in [0.3, 0.4) is 0 Å². The maximum atomic E-state index is 15.2. The number of carbonyl (C=O) groups excluding carboxylic acids is 1. The van der Waals surface area contributed by atoms with Gasteiger partial charge in [0.1, 0.15) is 28.6 Å². The van der Waals surface area contributed by atoms with Crippen LogP contribution in [0.2, 0.25) is 0 Å². The van der Waals surface area contributed by atoms with Gasteiger partial charge in [0, 0.05) is 49.4 Å². The van der Waals surface area contributed by atoms with Crippen LogP contribution in [0.1, 0.15) is 28.8 Å². The van der Waals surface area contributed by atoms with Crippen molar-refractivity contribution in [2.75, 3.05) is 12.3 Å². The van der Waals surface area contributed by atoms with Gasteiger partial charge in [0.15, 0.2) is 0 Å². The van der Waals surface area contributed by atoms with E-state index in [0.717, 1.165) is 16.8 Å². The summed E-state index contributed by atoms with van der Waals surface area (Å²) in [6, 6.07) is 6.67. The number of hydrogen-bond donors (Lipinski definition) is 1. The Hall–Kier alpha value is -4.80. The fraction of sp³-hybridized carbons (Fsp3) is 0.192. The summed E-state index contributed by atoms with van der Waals surface area (Å²) in [4.78, 5) is 28.3. The van der Waals surface area contributed by atoms with E-state index in [1.54, 1.807) is 26.4 Å². The molecule has 6 aromatic rings. The minimum atomic E-state index is -0.656. The van der Waals surface area contributed by atoms with Crippen molar-refractivity contribution in [1.82, 2.24) is 38.4 Å². The first kappa shape index (κ1) is 22.7. The maximum Gasteiger partial charge on any atom is 0.257 e. The third kappa shape index (κ3) is 3.75. The number of aromatic nitrogens is 7. The molecule has 5 heterocycles. The number of nitrogens with zero attached hydrogens (tertiary/aromatic N) is 8. The highest BCUT2D eigenvalue weighted by Gasteiger charge is 2.22. The SMILES string of the molecule is CCN(Cc1cn2cc(-c3cnn(C)c3)ccc2n1)C(=O)c1cc2c(cc1F)nc(N)c1cnc(C)n12. The second-order valence-electron chi connectivity index (χ2n) is 8.98. The predicted octanol–water partition coefficient (Wildman–Crippen LogP) is 3.62. The van der Waals surface area contributed by atoms with Gasteiger partial charge >= 0.3 is 0 Å². The summed E-state index contributed by atoms with van der Waals surface area (Å²) in [6.07, 6.45) is 9.22. The Morgan fingerprint density at radius 1 is 1.08 bits per heavy atom. The molecule has 0 bridgehead atoms. The lowest BCUT2D eigenvalue weighted by Gasteiger charge is -2.20. The number of nitrogens with two attached hydrogens (primary N) is 1. The normalized spacial score (nSPS) is 11.7. The van der Waals surface area contributed by atoms with Crippen molar-refractivity contribution in [3.8, 4) is 11.1 Å². The molecule has 5 aromatic heterocycles. The topological polar surface area (TPSA) is 112 Å². The van der Waals surface area contributed by atoms with Gasteiger partial charge < -0.3 is 15.0 Å². The Balaban J connectivity index is 1.34. The van der Waals surface area contributed by atoms with Crippen molar-refractivity contribution in [1.29, 1.82) is 0 Å². The van der Waals surface area contributed by atoms with Crippen molar-refractivity contribution in [3.63, 3.8) is 0 Å². The third-order valence-corrected chi connectivity index (χ3v) is 6.54. The van der Waals surface area contributed by atoms with Gasteiger partial charge in [0.05, 0.1) is 41.2 Å². The molecule has 186 valence electrons. The number of imidazole rings is 2. The first-order valence-corrected chi connectivity index (χ1v) is 11.8. The molecule has 0 unspecified atom stereocenters. The smallest absolute Gasteiger partial charge is 0.257 e. The molecule has 37 heavy (non-hydrogen) atoms. The molecule has 0 radical (unpaired) electrons. The zero-order valence-corrected chi connectivity index (χ0v) is 20.6. The molecular formula is C26H24FN9O. The fourth-order valence-electron chi connectivity index (χ4n) is 4.65. The molecule has 1 amide bonds. The minimum Gasteiger partial charge on any atom is -0.382 e. The van der Waals surface area contributed by atoms with Gasteiger partial charge in [0.2, 0.25) is 0 Å². The van der Waals surface area contributed by atoms with Crippen LogP contribution in [0.4, 0.5) is 10.2 Å². The van der Waals surface area contributed by atoms with Crippen LogP contribution in [0.5, 0.6) is 0 Å². The van der Waals surface area contributed by atoms with E-state index in [1.165, 1.54) is 12.1 Å². The molecule has 1 aromatic carbocycles. The lowest BCUT2D eigenvalue weighted by Crippen LogP contribution is -2.31. The number of hydrogen-bond acceptors (Lipinski definition) is 6. The molecule has 10 nitrogen and oxygen atoms in total. The van der Waals surface area contributed by atoms with Crippen molar-refractivity contribution in [3.05, 3.63) is 78.1 Å². The van der Waals surface area contributed by atoms with E-state index in [9.17, 15) is 4.79 Å². The second-order valence-corrected chi connectivity index (χ2v) is 8.98. The molecule has 0 aliphatic rings. The summed E-state index contributed by atoms with van der Waals surface area (Å²) in [5.41, 5.74) is 11.0. The van der Waals surface area contributed by atoms with Crippen molar-refractivity contribution >= 4 is 33.9 Å². The Labute approximate surface area is 210 Å². The highest BCUT2D eigenvalue weighted by Crippen LogP contribution is 2.25. The number of halogens is 1. The van der Waals surface area contributed by atoms with E-state index in [-0.39, 0.29) is 17.9 Å². The van der Waals surface area contributed by atoms with Gasteiger partial charge in [-0.15, -0.1) is 0 Å². The van der Waals surface area contributed by atoms with Crippen LogP contribution < -0.4 is 5.73 Å². The highest BCUT2D eigenvalue weighted by molar-refractivity contribution is 5.98. The number of anilines is 1. The average molecular weight is 498 g/mol. The first-order chi connectivity index (χ1) is 17.8. The summed E-state index contributed by atoms with van der Waals surface area (Å²) in [7, 11) is 1.87. The lowest BCUT2D eigenvalue weighted by atomic mass is 10.1. The van der Waals surface area contributed by atoms with E-state index >= 15 is 4.39 Å². The molecule has 0 spiro atoms. The number of carbonyl (C=O) groups is 1. The zero-order chi connectivity index (χ0) is 25.8. The Bertz CT molecular complexity index is 1830. The van der Waals surface area contributed by atoms with Gasteiger partial charge in [-0.05, 0) is 32.0 Å². The monoisotopic (exact) mass is 497 g/mol. The van der Waals surface area contributed by atoms with Crippen LogP contribution in [-0.2, 0) is 13.6 Å². The second kappa shape index (κ2) is 8.40. The molecule has 0 atom stereocenters. The van der Waals surface area contributed by atoms with Crippen molar-refractivity contribution in [2.24, 2.45) is 7.05 Å². The minimum absolute atomic E-state index is 0.0436. The average Bonchev–Trinajstić information content (AvgIpc) is 3.59. The standard InChI is InChI=1S/C26H24FN9O/c1-4-34(13-18-14-35-12-16(5-6-24(35)31-18)17-9-30-33(3)11-17)26(37)19-7-22-21(8-20(19)27)32-25(28)23-10-29-15(2)36(22)23/h5-12,14H,4,13H2,1-3H3,(H2,28,32). The summed E-state index contributed by atoms with van der Waals surface area (Å²) in [6.45, 7) is 4.28. The quantitative estimate of drug-likeness (QED) is 0.389. The molecule has 0 fully saturated rings.